The van der Waals surface area contributed by atoms with Gasteiger partial charge in [-0.2, -0.15) is 0 Å². The molecule has 1 atom stereocenters. The number of aromatic nitrogens is 3. The maximum atomic E-state index is 11.0. The summed E-state index contributed by atoms with van der Waals surface area (Å²) in [4.78, 5) is 10.6. The maximum absolute atomic E-state index is 11.0. The number of nitrogens with zero attached hydrogens (tertiary/aromatic N) is 4. The smallest absolute Gasteiger partial charge is 0.269 e. The van der Waals surface area contributed by atoms with Gasteiger partial charge in [0.1, 0.15) is 12.2 Å². The molecule has 0 amide bonds. The topological polar surface area (TPSA) is 73.8 Å². The van der Waals surface area contributed by atoms with E-state index in [1.54, 1.807) is 18.5 Å². The third-order valence-electron chi connectivity index (χ3n) is 4.09. The molecule has 3 rings (SSSR count). The van der Waals surface area contributed by atoms with E-state index >= 15 is 0 Å². The Balaban J connectivity index is 0.000000847. The lowest BCUT2D eigenvalue weighted by Crippen LogP contribution is -2.24. The van der Waals surface area contributed by atoms with Crippen molar-refractivity contribution >= 4 is 5.69 Å². The molecule has 1 heterocycles. The zero-order chi connectivity index (χ0) is 16.1. The van der Waals surface area contributed by atoms with Crippen molar-refractivity contribution in [3.63, 3.8) is 0 Å². The molecule has 6 nitrogen and oxygen atoms in total. The summed E-state index contributed by atoms with van der Waals surface area (Å²) in [6, 6.07) is 6.88. The van der Waals surface area contributed by atoms with Crippen molar-refractivity contribution < 1.29 is 4.92 Å². The third-order valence-corrected chi connectivity index (χ3v) is 4.09. The van der Waals surface area contributed by atoms with Gasteiger partial charge in [-0.1, -0.05) is 32.4 Å². The monoisotopic (exact) mass is 302 g/mol. The number of aryl methyl sites for hydroxylation is 1. The van der Waals surface area contributed by atoms with Crippen LogP contribution in [0.5, 0.6) is 0 Å². The molecule has 22 heavy (non-hydrogen) atoms. The van der Waals surface area contributed by atoms with E-state index in [9.17, 15) is 10.1 Å². The number of benzene rings is 1. The Morgan fingerprint density at radius 2 is 2.09 bits per heavy atom. The van der Waals surface area contributed by atoms with E-state index in [0.29, 0.717) is 5.92 Å². The first kappa shape index (κ1) is 16.1. The van der Waals surface area contributed by atoms with Crippen LogP contribution >= 0.6 is 0 Å². The Morgan fingerprint density at radius 3 is 2.59 bits per heavy atom. The van der Waals surface area contributed by atoms with Crippen molar-refractivity contribution in [1.29, 1.82) is 0 Å². The Bertz CT molecular complexity index is 635. The number of rotatable bonds is 4. The average Bonchev–Trinajstić information content (AvgIpc) is 2.90. The van der Waals surface area contributed by atoms with E-state index in [1.807, 2.05) is 31.5 Å². The molecule has 1 aliphatic carbocycles. The summed E-state index contributed by atoms with van der Waals surface area (Å²) in [5.41, 5.74) is 1.09. The SMILES string of the molecule is CC.Cn1cnnc1C(c1cccc([N+](=O)[O-])c1)C1CCC1. The van der Waals surface area contributed by atoms with E-state index in [0.717, 1.165) is 24.2 Å². The highest BCUT2D eigenvalue weighted by Crippen LogP contribution is 2.42. The van der Waals surface area contributed by atoms with Crippen LogP contribution in [0.3, 0.4) is 0 Å². The van der Waals surface area contributed by atoms with Crippen molar-refractivity contribution in [2.75, 3.05) is 0 Å². The Labute approximate surface area is 130 Å². The van der Waals surface area contributed by atoms with Gasteiger partial charge in [0.25, 0.3) is 5.69 Å². The molecule has 0 spiro atoms. The van der Waals surface area contributed by atoms with Crippen LogP contribution in [0.4, 0.5) is 5.69 Å². The first-order valence-electron chi connectivity index (χ1n) is 7.75. The van der Waals surface area contributed by atoms with Crippen LogP contribution in [0.25, 0.3) is 0 Å². The van der Waals surface area contributed by atoms with Gasteiger partial charge >= 0.3 is 0 Å². The third kappa shape index (κ3) is 3.16. The van der Waals surface area contributed by atoms with Crippen molar-refractivity contribution in [3.05, 3.63) is 52.1 Å². The molecule has 0 saturated heterocycles. The van der Waals surface area contributed by atoms with Crippen molar-refractivity contribution in [1.82, 2.24) is 14.8 Å². The number of nitro benzene ring substituents is 1. The second-order valence-corrected chi connectivity index (χ2v) is 5.32. The molecule has 1 aromatic carbocycles. The molecular formula is C16H22N4O2. The largest absolute Gasteiger partial charge is 0.320 e. The van der Waals surface area contributed by atoms with Crippen LogP contribution in [0.2, 0.25) is 0 Å². The van der Waals surface area contributed by atoms with Gasteiger partial charge in [-0.05, 0) is 24.3 Å². The van der Waals surface area contributed by atoms with E-state index in [-0.39, 0.29) is 16.5 Å². The quantitative estimate of drug-likeness (QED) is 0.638. The van der Waals surface area contributed by atoms with Crippen molar-refractivity contribution in [2.45, 2.75) is 39.0 Å². The van der Waals surface area contributed by atoms with E-state index < -0.39 is 0 Å². The maximum Gasteiger partial charge on any atom is 0.269 e. The zero-order valence-electron chi connectivity index (χ0n) is 13.3. The molecule has 1 fully saturated rings. The predicted molar refractivity (Wildman–Crippen MR) is 84.6 cm³/mol. The van der Waals surface area contributed by atoms with Crippen molar-refractivity contribution in [3.8, 4) is 0 Å². The number of nitro groups is 1. The molecule has 1 unspecified atom stereocenters. The molecule has 1 saturated carbocycles. The number of hydrogen-bond donors (Lipinski definition) is 0. The highest BCUT2D eigenvalue weighted by atomic mass is 16.6. The van der Waals surface area contributed by atoms with Gasteiger partial charge in [-0.25, -0.2) is 0 Å². The van der Waals surface area contributed by atoms with Crippen LogP contribution < -0.4 is 0 Å². The molecule has 118 valence electrons. The fraction of sp³-hybridized carbons (Fsp3) is 0.500. The highest BCUT2D eigenvalue weighted by Gasteiger charge is 2.33. The van der Waals surface area contributed by atoms with Crippen LogP contribution in [0.1, 0.15) is 50.4 Å². The molecule has 6 heteroatoms. The number of hydrogen-bond acceptors (Lipinski definition) is 4. The lowest BCUT2D eigenvalue weighted by molar-refractivity contribution is -0.384. The van der Waals surface area contributed by atoms with Gasteiger partial charge in [0, 0.05) is 25.1 Å². The summed E-state index contributed by atoms with van der Waals surface area (Å²) >= 11 is 0. The van der Waals surface area contributed by atoms with Gasteiger partial charge < -0.3 is 4.57 Å². The summed E-state index contributed by atoms with van der Waals surface area (Å²) in [6.07, 6.45) is 5.17. The van der Waals surface area contributed by atoms with Gasteiger partial charge in [0.2, 0.25) is 0 Å². The summed E-state index contributed by atoms with van der Waals surface area (Å²) in [6.45, 7) is 4.00. The fourth-order valence-electron chi connectivity index (χ4n) is 2.81. The first-order chi connectivity index (χ1) is 10.7. The average molecular weight is 302 g/mol. The summed E-state index contributed by atoms with van der Waals surface area (Å²) in [5.74, 6) is 1.48. The van der Waals surface area contributed by atoms with Crippen LogP contribution in [-0.2, 0) is 7.05 Å². The minimum Gasteiger partial charge on any atom is -0.320 e. The standard InChI is InChI=1S/C14H16N4O2.C2H6/c1-17-9-15-16-14(17)13(10-4-2-5-10)11-6-3-7-12(8-11)18(19)20;1-2/h3,6-10,13H,2,4-5H2,1H3;1-2H3. The molecule has 0 bridgehead atoms. The van der Waals surface area contributed by atoms with E-state index in [2.05, 4.69) is 10.2 Å². The van der Waals surface area contributed by atoms with Crippen LogP contribution in [-0.4, -0.2) is 19.7 Å². The molecule has 0 aliphatic heterocycles. The zero-order valence-corrected chi connectivity index (χ0v) is 13.3. The van der Waals surface area contributed by atoms with Crippen LogP contribution in [0, 0.1) is 16.0 Å². The second kappa shape index (κ2) is 7.15. The molecule has 2 aromatic rings. The van der Waals surface area contributed by atoms with E-state index in [4.69, 9.17) is 0 Å². The molecular weight excluding hydrogens is 280 g/mol. The van der Waals surface area contributed by atoms with Gasteiger partial charge in [-0.15, -0.1) is 10.2 Å². The first-order valence-corrected chi connectivity index (χ1v) is 7.75. The summed E-state index contributed by atoms with van der Waals surface area (Å²) in [5, 5.41) is 19.1. The van der Waals surface area contributed by atoms with Gasteiger partial charge in [0.05, 0.1) is 4.92 Å². The highest BCUT2D eigenvalue weighted by molar-refractivity contribution is 5.38. The molecule has 1 aliphatic rings. The normalized spacial score (nSPS) is 15.4. The van der Waals surface area contributed by atoms with Gasteiger partial charge in [0.15, 0.2) is 0 Å². The van der Waals surface area contributed by atoms with Gasteiger partial charge in [-0.3, -0.25) is 10.1 Å². The summed E-state index contributed by atoms with van der Waals surface area (Å²) < 4.78 is 1.90. The minimum atomic E-state index is -0.349. The molecule has 1 aromatic heterocycles. The van der Waals surface area contributed by atoms with Crippen LogP contribution in [0.15, 0.2) is 30.6 Å². The molecule has 0 N–H and O–H groups in total. The van der Waals surface area contributed by atoms with E-state index in [1.165, 1.54) is 12.5 Å². The molecule has 0 radical (unpaired) electrons. The van der Waals surface area contributed by atoms with Crippen molar-refractivity contribution in [2.24, 2.45) is 13.0 Å². The number of non-ortho nitro benzene ring substituents is 1. The second-order valence-electron chi connectivity index (χ2n) is 5.32. The Hall–Kier alpha value is -2.24. The minimum absolute atomic E-state index is 0.0937. The fourth-order valence-corrected chi connectivity index (χ4v) is 2.81. The summed E-state index contributed by atoms with van der Waals surface area (Å²) in [7, 11) is 1.92. The lowest BCUT2D eigenvalue weighted by Gasteiger charge is -2.33. The lowest BCUT2D eigenvalue weighted by atomic mass is 9.72. The predicted octanol–water partition coefficient (Wildman–Crippen LogP) is 3.68. The Kier molecular flexibility index (Phi) is 5.25. The Morgan fingerprint density at radius 1 is 1.36 bits per heavy atom.